The maximum absolute atomic E-state index is 13.9. The largest absolute Gasteiger partial charge is 0.314 e. The van der Waals surface area contributed by atoms with Gasteiger partial charge < -0.3 is 5.32 Å². The Bertz CT molecular complexity index is 436. The van der Waals surface area contributed by atoms with Crippen LogP contribution >= 0.6 is 15.9 Å². The summed E-state index contributed by atoms with van der Waals surface area (Å²) in [6.07, 6.45) is 1.56. The Balaban J connectivity index is 2.18. The second kappa shape index (κ2) is 5.66. The van der Waals surface area contributed by atoms with Gasteiger partial charge in [-0.2, -0.15) is 0 Å². The Labute approximate surface area is 115 Å². The lowest BCUT2D eigenvalue weighted by Crippen LogP contribution is -2.34. The van der Waals surface area contributed by atoms with Gasteiger partial charge in [-0.15, -0.1) is 0 Å². The minimum Gasteiger partial charge on any atom is -0.314 e. The molecule has 0 saturated heterocycles. The van der Waals surface area contributed by atoms with Crippen molar-refractivity contribution in [1.82, 2.24) is 5.32 Å². The average Bonchev–Trinajstić information content (AvgIpc) is 3.05. The predicted octanol–water partition coefficient (Wildman–Crippen LogP) is 3.90. The maximum Gasteiger partial charge on any atom is 0.143 e. The molecule has 1 saturated carbocycles. The summed E-state index contributed by atoms with van der Waals surface area (Å²) in [6.45, 7) is 5.03. The zero-order valence-electron chi connectivity index (χ0n) is 10.6. The molecule has 0 radical (unpaired) electrons. The van der Waals surface area contributed by atoms with E-state index in [-0.39, 0.29) is 11.6 Å². The van der Waals surface area contributed by atoms with Gasteiger partial charge in [0.1, 0.15) is 11.6 Å². The number of rotatable bonds is 5. The Kier molecular flexibility index (Phi) is 4.38. The van der Waals surface area contributed by atoms with Crippen LogP contribution in [0.4, 0.5) is 8.78 Å². The van der Waals surface area contributed by atoms with Crippen molar-refractivity contribution in [3.63, 3.8) is 0 Å². The second-order valence-electron chi connectivity index (χ2n) is 5.07. The van der Waals surface area contributed by atoms with E-state index in [0.717, 1.165) is 13.0 Å². The van der Waals surface area contributed by atoms with Crippen LogP contribution in [0.25, 0.3) is 0 Å². The van der Waals surface area contributed by atoms with Crippen LogP contribution in [-0.4, -0.2) is 12.6 Å². The molecule has 0 spiro atoms. The van der Waals surface area contributed by atoms with E-state index in [2.05, 4.69) is 28.2 Å². The first-order valence-electron chi connectivity index (χ1n) is 6.40. The zero-order chi connectivity index (χ0) is 13.3. The lowest BCUT2D eigenvalue weighted by atomic mass is 10.00. The number of likely N-dealkylation sites (N-methyl/N-ethyl adjacent to an activating group) is 1. The van der Waals surface area contributed by atoms with E-state index >= 15 is 0 Å². The van der Waals surface area contributed by atoms with Crippen molar-refractivity contribution >= 4 is 15.9 Å². The van der Waals surface area contributed by atoms with E-state index in [1.165, 1.54) is 12.1 Å². The van der Waals surface area contributed by atoms with Gasteiger partial charge in [0.15, 0.2) is 0 Å². The van der Waals surface area contributed by atoms with E-state index in [1.54, 1.807) is 0 Å². The van der Waals surface area contributed by atoms with E-state index in [0.29, 0.717) is 22.7 Å². The molecule has 18 heavy (non-hydrogen) atoms. The fourth-order valence-corrected chi connectivity index (χ4v) is 2.90. The van der Waals surface area contributed by atoms with Gasteiger partial charge in [0, 0.05) is 11.6 Å². The van der Waals surface area contributed by atoms with Gasteiger partial charge >= 0.3 is 0 Å². The van der Waals surface area contributed by atoms with Gasteiger partial charge in [0.25, 0.3) is 0 Å². The number of hydrogen-bond acceptors (Lipinski definition) is 1. The highest BCUT2D eigenvalue weighted by Crippen LogP contribution is 2.42. The summed E-state index contributed by atoms with van der Waals surface area (Å²) in [7, 11) is 0. The van der Waals surface area contributed by atoms with E-state index < -0.39 is 11.6 Å². The quantitative estimate of drug-likeness (QED) is 0.812. The summed E-state index contributed by atoms with van der Waals surface area (Å²) in [5.41, 5.74) is 0.189. The normalized spacial score (nSPS) is 24.1. The molecular weight excluding hydrogens is 300 g/mol. The fourth-order valence-electron chi connectivity index (χ4n) is 2.52. The molecule has 1 fully saturated rings. The number of halogens is 3. The van der Waals surface area contributed by atoms with Crippen LogP contribution in [0, 0.1) is 23.5 Å². The molecule has 0 heterocycles. The van der Waals surface area contributed by atoms with Gasteiger partial charge in [-0.3, -0.25) is 0 Å². The molecule has 3 atom stereocenters. The van der Waals surface area contributed by atoms with Crippen LogP contribution in [0.3, 0.4) is 0 Å². The van der Waals surface area contributed by atoms with Gasteiger partial charge in [-0.25, -0.2) is 8.78 Å². The number of nitrogens with one attached hydrogen (secondary N) is 1. The molecule has 2 rings (SSSR count). The Morgan fingerprint density at radius 2 is 2.11 bits per heavy atom. The molecule has 3 unspecified atom stereocenters. The van der Waals surface area contributed by atoms with Gasteiger partial charge in [-0.1, -0.05) is 13.8 Å². The Hall–Kier alpha value is -0.480. The van der Waals surface area contributed by atoms with Gasteiger partial charge in [0.2, 0.25) is 0 Å². The molecule has 0 bridgehead atoms. The molecule has 1 aliphatic carbocycles. The smallest absolute Gasteiger partial charge is 0.143 e. The molecular formula is C14H18BrF2N. The van der Waals surface area contributed by atoms with Crippen molar-refractivity contribution in [3.8, 4) is 0 Å². The third kappa shape index (κ3) is 2.91. The van der Waals surface area contributed by atoms with Crippen molar-refractivity contribution < 1.29 is 8.78 Å². The zero-order valence-corrected chi connectivity index (χ0v) is 12.2. The highest BCUT2D eigenvalue weighted by molar-refractivity contribution is 9.10. The molecule has 0 amide bonds. The minimum absolute atomic E-state index is 0.170. The summed E-state index contributed by atoms with van der Waals surface area (Å²) in [5, 5.41) is 3.35. The molecule has 0 aliphatic heterocycles. The Morgan fingerprint density at radius 1 is 1.44 bits per heavy atom. The summed E-state index contributed by atoms with van der Waals surface area (Å²) in [6, 6.07) is 2.90. The minimum atomic E-state index is -0.466. The first kappa shape index (κ1) is 13.9. The van der Waals surface area contributed by atoms with Crippen molar-refractivity contribution in [2.24, 2.45) is 11.8 Å². The molecule has 100 valence electrons. The highest BCUT2D eigenvalue weighted by atomic mass is 79.9. The predicted molar refractivity (Wildman–Crippen MR) is 72.5 cm³/mol. The Morgan fingerprint density at radius 3 is 2.67 bits per heavy atom. The summed E-state index contributed by atoms with van der Waals surface area (Å²) < 4.78 is 28.0. The molecule has 1 N–H and O–H groups in total. The third-order valence-corrected chi connectivity index (χ3v) is 4.33. The SMILES string of the molecule is CCNC(Cc1c(F)ccc(Br)c1F)C1CC1C. The van der Waals surface area contributed by atoms with E-state index in [1.807, 2.05) is 6.92 Å². The lowest BCUT2D eigenvalue weighted by molar-refractivity contribution is 0.434. The van der Waals surface area contributed by atoms with E-state index in [4.69, 9.17) is 0 Å². The molecule has 0 aromatic heterocycles. The van der Waals surface area contributed by atoms with Gasteiger partial charge in [-0.05, 0) is 59.3 Å². The second-order valence-corrected chi connectivity index (χ2v) is 5.92. The van der Waals surface area contributed by atoms with Crippen LogP contribution in [0.2, 0.25) is 0 Å². The van der Waals surface area contributed by atoms with Crippen molar-refractivity contribution in [2.45, 2.75) is 32.7 Å². The van der Waals surface area contributed by atoms with Gasteiger partial charge in [0.05, 0.1) is 4.47 Å². The van der Waals surface area contributed by atoms with Crippen molar-refractivity contribution in [1.29, 1.82) is 0 Å². The van der Waals surface area contributed by atoms with Crippen LogP contribution in [-0.2, 0) is 6.42 Å². The molecule has 1 aromatic carbocycles. The third-order valence-electron chi connectivity index (χ3n) is 3.72. The first-order valence-corrected chi connectivity index (χ1v) is 7.19. The highest BCUT2D eigenvalue weighted by Gasteiger charge is 2.39. The maximum atomic E-state index is 13.9. The molecule has 1 aliphatic rings. The topological polar surface area (TPSA) is 12.0 Å². The van der Waals surface area contributed by atoms with Crippen molar-refractivity contribution in [3.05, 3.63) is 33.8 Å². The summed E-state index contributed by atoms with van der Waals surface area (Å²) in [5.74, 6) is 0.285. The summed E-state index contributed by atoms with van der Waals surface area (Å²) in [4.78, 5) is 0. The van der Waals surface area contributed by atoms with Crippen molar-refractivity contribution in [2.75, 3.05) is 6.54 Å². The van der Waals surface area contributed by atoms with Crippen LogP contribution < -0.4 is 5.32 Å². The van der Waals surface area contributed by atoms with Crippen LogP contribution in [0.15, 0.2) is 16.6 Å². The van der Waals surface area contributed by atoms with Crippen LogP contribution in [0.1, 0.15) is 25.8 Å². The standard InChI is InChI=1S/C14H18BrF2N/c1-3-18-13(9-6-8(9)2)7-10-12(16)5-4-11(15)14(10)17/h4-5,8-9,13,18H,3,6-7H2,1-2H3. The number of benzene rings is 1. The first-order chi connectivity index (χ1) is 8.54. The summed E-state index contributed by atoms with van der Waals surface area (Å²) >= 11 is 3.11. The molecule has 1 nitrogen and oxygen atoms in total. The molecule has 1 aromatic rings. The number of hydrogen-bond donors (Lipinski definition) is 1. The van der Waals surface area contributed by atoms with Crippen LogP contribution in [0.5, 0.6) is 0 Å². The monoisotopic (exact) mass is 317 g/mol. The lowest BCUT2D eigenvalue weighted by Gasteiger charge is -2.19. The fraction of sp³-hybridized carbons (Fsp3) is 0.571. The van der Waals surface area contributed by atoms with E-state index in [9.17, 15) is 8.78 Å². The average molecular weight is 318 g/mol. The molecule has 4 heteroatoms.